The number of nitrogens with one attached hydrogen (secondary N) is 1. The van der Waals surface area contributed by atoms with Gasteiger partial charge in [-0.25, -0.2) is 15.8 Å². The van der Waals surface area contributed by atoms with Gasteiger partial charge in [0.2, 0.25) is 0 Å². The SMILES string of the molecule is Cc1nc(NN)c(C)c(N(C)Cc2ccccc2)n1. The van der Waals surface area contributed by atoms with Gasteiger partial charge < -0.3 is 10.3 Å². The summed E-state index contributed by atoms with van der Waals surface area (Å²) < 4.78 is 0. The number of hydrogen-bond acceptors (Lipinski definition) is 5. The summed E-state index contributed by atoms with van der Waals surface area (Å²) in [6.07, 6.45) is 0. The lowest BCUT2D eigenvalue weighted by Crippen LogP contribution is -2.21. The Labute approximate surface area is 113 Å². The second kappa shape index (κ2) is 5.67. The molecule has 5 heteroatoms. The maximum atomic E-state index is 5.48. The number of rotatable bonds is 4. The molecular formula is C14H19N5. The zero-order valence-corrected chi connectivity index (χ0v) is 11.5. The summed E-state index contributed by atoms with van der Waals surface area (Å²) in [5.74, 6) is 7.75. The van der Waals surface area contributed by atoms with Gasteiger partial charge in [-0.05, 0) is 19.4 Å². The summed E-state index contributed by atoms with van der Waals surface area (Å²) in [6.45, 7) is 4.62. The highest BCUT2D eigenvalue weighted by Gasteiger charge is 2.12. The van der Waals surface area contributed by atoms with Crippen molar-refractivity contribution in [3.05, 3.63) is 47.3 Å². The molecule has 0 aliphatic rings. The van der Waals surface area contributed by atoms with Crippen LogP contribution in [0.3, 0.4) is 0 Å². The fourth-order valence-corrected chi connectivity index (χ4v) is 2.06. The minimum absolute atomic E-state index is 0.669. The second-order valence-electron chi connectivity index (χ2n) is 4.55. The quantitative estimate of drug-likeness (QED) is 0.648. The maximum Gasteiger partial charge on any atom is 0.148 e. The molecule has 0 saturated heterocycles. The summed E-state index contributed by atoms with van der Waals surface area (Å²) in [5.41, 5.74) is 4.81. The molecule has 100 valence electrons. The van der Waals surface area contributed by atoms with Crippen LogP contribution in [0.25, 0.3) is 0 Å². The van der Waals surface area contributed by atoms with Gasteiger partial charge in [-0.2, -0.15) is 0 Å². The van der Waals surface area contributed by atoms with Gasteiger partial charge in [-0.3, -0.25) is 0 Å². The van der Waals surface area contributed by atoms with E-state index in [1.165, 1.54) is 5.56 Å². The lowest BCUT2D eigenvalue weighted by Gasteiger charge is -2.21. The molecule has 19 heavy (non-hydrogen) atoms. The van der Waals surface area contributed by atoms with Gasteiger partial charge in [0.15, 0.2) is 0 Å². The molecule has 0 bridgehead atoms. The van der Waals surface area contributed by atoms with E-state index >= 15 is 0 Å². The van der Waals surface area contributed by atoms with Crippen LogP contribution in [0.4, 0.5) is 11.6 Å². The Kier molecular flexibility index (Phi) is 3.97. The Hall–Kier alpha value is -2.14. The van der Waals surface area contributed by atoms with E-state index in [2.05, 4.69) is 32.4 Å². The van der Waals surface area contributed by atoms with E-state index in [1.54, 1.807) is 0 Å². The van der Waals surface area contributed by atoms with Crippen molar-refractivity contribution in [1.82, 2.24) is 9.97 Å². The molecule has 2 rings (SSSR count). The van der Waals surface area contributed by atoms with Crippen LogP contribution < -0.4 is 16.2 Å². The molecule has 1 aromatic heterocycles. The zero-order chi connectivity index (χ0) is 13.8. The highest BCUT2D eigenvalue weighted by Crippen LogP contribution is 2.23. The molecule has 5 nitrogen and oxygen atoms in total. The Morgan fingerprint density at radius 1 is 1.16 bits per heavy atom. The maximum absolute atomic E-state index is 5.48. The van der Waals surface area contributed by atoms with E-state index in [-0.39, 0.29) is 0 Å². The van der Waals surface area contributed by atoms with Crippen molar-refractivity contribution >= 4 is 11.6 Å². The number of anilines is 2. The Bertz CT molecular complexity index is 553. The molecule has 1 heterocycles. The minimum atomic E-state index is 0.669. The smallest absolute Gasteiger partial charge is 0.148 e. The summed E-state index contributed by atoms with van der Waals surface area (Å²) in [6, 6.07) is 10.3. The largest absolute Gasteiger partial charge is 0.355 e. The van der Waals surface area contributed by atoms with E-state index in [1.807, 2.05) is 39.1 Å². The number of hydrogen-bond donors (Lipinski definition) is 2. The Morgan fingerprint density at radius 2 is 1.84 bits per heavy atom. The van der Waals surface area contributed by atoms with Crippen LogP contribution in [0, 0.1) is 13.8 Å². The molecule has 0 amide bonds. The predicted octanol–water partition coefficient (Wildman–Crippen LogP) is 2.02. The van der Waals surface area contributed by atoms with Gasteiger partial charge in [0.1, 0.15) is 17.5 Å². The first-order valence-corrected chi connectivity index (χ1v) is 6.18. The fourth-order valence-electron chi connectivity index (χ4n) is 2.06. The van der Waals surface area contributed by atoms with Crippen molar-refractivity contribution in [3.63, 3.8) is 0 Å². The van der Waals surface area contributed by atoms with Gasteiger partial charge in [0, 0.05) is 19.2 Å². The molecule has 0 unspecified atom stereocenters. The average molecular weight is 257 g/mol. The molecule has 0 fully saturated rings. The molecule has 2 aromatic rings. The van der Waals surface area contributed by atoms with Gasteiger partial charge >= 0.3 is 0 Å². The van der Waals surface area contributed by atoms with Crippen LogP contribution in [0.15, 0.2) is 30.3 Å². The first-order chi connectivity index (χ1) is 9.11. The number of aryl methyl sites for hydroxylation is 1. The molecule has 3 N–H and O–H groups in total. The van der Waals surface area contributed by atoms with Crippen LogP contribution in [-0.4, -0.2) is 17.0 Å². The van der Waals surface area contributed by atoms with E-state index in [0.717, 1.165) is 17.9 Å². The lowest BCUT2D eigenvalue weighted by molar-refractivity contribution is 0.869. The van der Waals surface area contributed by atoms with Crippen molar-refractivity contribution in [2.75, 3.05) is 17.4 Å². The fraction of sp³-hybridized carbons (Fsp3) is 0.286. The van der Waals surface area contributed by atoms with E-state index < -0.39 is 0 Å². The number of nitrogen functional groups attached to an aromatic ring is 1. The number of aromatic nitrogens is 2. The topological polar surface area (TPSA) is 67.1 Å². The number of nitrogens with two attached hydrogens (primary N) is 1. The summed E-state index contributed by atoms with van der Waals surface area (Å²) in [7, 11) is 2.02. The molecule has 0 aliphatic carbocycles. The summed E-state index contributed by atoms with van der Waals surface area (Å²) in [5, 5.41) is 0. The second-order valence-corrected chi connectivity index (χ2v) is 4.55. The number of nitrogens with zero attached hydrogens (tertiary/aromatic N) is 3. The molecule has 0 radical (unpaired) electrons. The van der Waals surface area contributed by atoms with Crippen LogP contribution >= 0.6 is 0 Å². The normalized spacial score (nSPS) is 10.3. The van der Waals surface area contributed by atoms with Crippen LogP contribution in [0.1, 0.15) is 17.0 Å². The van der Waals surface area contributed by atoms with Gasteiger partial charge in [0.25, 0.3) is 0 Å². The highest BCUT2D eigenvalue weighted by molar-refractivity contribution is 5.57. The van der Waals surface area contributed by atoms with E-state index in [0.29, 0.717) is 11.6 Å². The number of hydrazine groups is 1. The molecule has 0 saturated carbocycles. The van der Waals surface area contributed by atoms with Crippen molar-refractivity contribution in [2.45, 2.75) is 20.4 Å². The van der Waals surface area contributed by atoms with Crippen molar-refractivity contribution in [2.24, 2.45) is 5.84 Å². The minimum Gasteiger partial charge on any atom is -0.355 e. The van der Waals surface area contributed by atoms with Crippen LogP contribution in [0.5, 0.6) is 0 Å². The molecule has 0 aliphatic heterocycles. The lowest BCUT2D eigenvalue weighted by atomic mass is 10.2. The highest BCUT2D eigenvalue weighted by atomic mass is 15.3. The van der Waals surface area contributed by atoms with Crippen molar-refractivity contribution in [1.29, 1.82) is 0 Å². The third kappa shape index (κ3) is 3.00. The van der Waals surface area contributed by atoms with Crippen molar-refractivity contribution < 1.29 is 0 Å². The molecule has 1 aromatic carbocycles. The van der Waals surface area contributed by atoms with E-state index in [4.69, 9.17) is 5.84 Å². The first kappa shape index (κ1) is 13.3. The third-order valence-electron chi connectivity index (χ3n) is 2.99. The zero-order valence-electron chi connectivity index (χ0n) is 11.5. The monoisotopic (exact) mass is 257 g/mol. The van der Waals surface area contributed by atoms with E-state index in [9.17, 15) is 0 Å². The van der Waals surface area contributed by atoms with Gasteiger partial charge in [-0.15, -0.1) is 0 Å². The van der Waals surface area contributed by atoms with Gasteiger partial charge in [0.05, 0.1) is 0 Å². The predicted molar refractivity (Wildman–Crippen MR) is 77.9 cm³/mol. The average Bonchev–Trinajstić information content (AvgIpc) is 2.42. The first-order valence-electron chi connectivity index (χ1n) is 6.18. The summed E-state index contributed by atoms with van der Waals surface area (Å²) >= 11 is 0. The van der Waals surface area contributed by atoms with Crippen LogP contribution in [-0.2, 0) is 6.54 Å². The Balaban J connectivity index is 2.28. The third-order valence-corrected chi connectivity index (χ3v) is 2.99. The molecule has 0 atom stereocenters. The van der Waals surface area contributed by atoms with Gasteiger partial charge in [-0.1, -0.05) is 30.3 Å². The van der Waals surface area contributed by atoms with Crippen LogP contribution in [0.2, 0.25) is 0 Å². The standard InChI is InChI=1S/C14H19N5/c1-10-13(18-15)16-11(2)17-14(10)19(3)9-12-7-5-4-6-8-12/h4-8H,9,15H2,1-3H3,(H,16,17,18). The molecule has 0 spiro atoms. The number of benzene rings is 1. The summed E-state index contributed by atoms with van der Waals surface area (Å²) in [4.78, 5) is 10.9. The Morgan fingerprint density at radius 3 is 2.47 bits per heavy atom. The molecular weight excluding hydrogens is 238 g/mol. The van der Waals surface area contributed by atoms with Crippen molar-refractivity contribution in [3.8, 4) is 0 Å².